The number of carbonyl (C=O) groups excluding carboxylic acids is 5. The number of ether oxygens (including phenoxy) is 1. The van der Waals surface area contributed by atoms with E-state index in [-0.39, 0.29) is 25.9 Å². The van der Waals surface area contributed by atoms with Crippen LogP contribution in [0.3, 0.4) is 0 Å². The van der Waals surface area contributed by atoms with E-state index in [0.717, 1.165) is 11.1 Å². The topological polar surface area (TPSA) is 203 Å². The molecule has 0 heterocycles. The van der Waals surface area contributed by atoms with Crippen molar-refractivity contribution < 1.29 is 33.8 Å². The van der Waals surface area contributed by atoms with Crippen molar-refractivity contribution >= 4 is 29.7 Å². The number of nitrogens with two attached hydrogens (primary N) is 2. The van der Waals surface area contributed by atoms with Crippen molar-refractivity contribution in [2.45, 2.75) is 56.5 Å². The van der Waals surface area contributed by atoms with E-state index in [1.165, 1.54) is 0 Å². The molecule has 0 aliphatic heterocycles. The van der Waals surface area contributed by atoms with Gasteiger partial charge >= 0.3 is 6.09 Å². The predicted octanol–water partition coefficient (Wildman–Crippen LogP) is 1.37. The fourth-order valence-corrected chi connectivity index (χ4v) is 4.42. The summed E-state index contributed by atoms with van der Waals surface area (Å²) in [4.78, 5) is 62.4. The highest BCUT2D eigenvalue weighted by atomic mass is 16.5. The van der Waals surface area contributed by atoms with Crippen molar-refractivity contribution in [1.29, 1.82) is 0 Å². The highest BCUT2D eigenvalue weighted by molar-refractivity contribution is 5.92. The number of amides is 5. The summed E-state index contributed by atoms with van der Waals surface area (Å²) in [6.45, 7) is 0.00719. The van der Waals surface area contributed by atoms with Gasteiger partial charge in [0.2, 0.25) is 23.6 Å². The Kier molecular flexibility index (Phi) is 12.9. The van der Waals surface area contributed by atoms with Crippen molar-refractivity contribution in [1.82, 2.24) is 16.0 Å². The average Bonchev–Trinajstić information content (AvgIpc) is 3.01. The molecule has 0 spiro atoms. The molecule has 0 saturated heterocycles. The molecule has 232 valence electrons. The number of alkyl carbamates (subject to hydrolysis) is 1. The van der Waals surface area contributed by atoms with Gasteiger partial charge in [-0.25, -0.2) is 4.79 Å². The van der Waals surface area contributed by atoms with Crippen LogP contribution >= 0.6 is 0 Å². The fraction of sp³-hybridized carbons (Fsp3) is 0.281. The van der Waals surface area contributed by atoms with E-state index >= 15 is 0 Å². The molecule has 5 amide bonds. The molecule has 3 rings (SSSR count). The lowest BCUT2D eigenvalue weighted by atomic mass is 9.98. The zero-order chi connectivity index (χ0) is 31.9. The second-order valence-corrected chi connectivity index (χ2v) is 10.2. The lowest BCUT2D eigenvalue weighted by molar-refractivity contribution is -0.132. The van der Waals surface area contributed by atoms with E-state index in [1.807, 2.05) is 36.4 Å². The molecule has 0 fully saturated rings. The minimum atomic E-state index is -1.39. The number of aliphatic hydroxyl groups is 1. The smallest absolute Gasteiger partial charge is 0.407 e. The number of benzene rings is 3. The van der Waals surface area contributed by atoms with Crippen molar-refractivity contribution in [2.24, 2.45) is 11.5 Å². The molecule has 8 N–H and O–H groups in total. The third kappa shape index (κ3) is 11.2. The molecule has 12 heteroatoms. The molecule has 0 bridgehead atoms. The standard InChI is InChI=1S/C32H37N5O7/c33-27(39)17-16-24(31(42)37-29(30(34)41)23-14-8-3-9-15-23)35-28(40)19-26(38)25(18-21-10-4-1-5-11-21)36-32(43)44-20-22-12-6-2-7-13-22/h1-15,24-26,29,38H,16-20H2,(H2,33,39)(H2,34,41)(H,35,40)(H,36,43)(H,37,42)/t24-,25-,26-,29-/m0/s1. The van der Waals surface area contributed by atoms with Crippen LogP contribution in [-0.4, -0.2) is 53.0 Å². The summed E-state index contributed by atoms with van der Waals surface area (Å²) in [5.41, 5.74) is 12.8. The molecule has 44 heavy (non-hydrogen) atoms. The monoisotopic (exact) mass is 603 g/mol. The fourth-order valence-electron chi connectivity index (χ4n) is 4.42. The van der Waals surface area contributed by atoms with Crippen LogP contribution in [0.4, 0.5) is 4.79 Å². The molecule has 12 nitrogen and oxygen atoms in total. The minimum Gasteiger partial charge on any atom is -0.445 e. The summed E-state index contributed by atoms with van der Waals surface area (Å²) in [6.07, 6.45) is -2.90. The molecule has 0 aliphatic rings. The molecular formula is C32H37N5O7. The maximum atomic E-state index is 13.2. The van der Waals surface area contributed by atoms with Crippen molar-refractivity contribution in [3.8, 4) is 0 Å². The zero-order valence-electron chi connectivity index (χ0n) is 24.1. The first-order valence-electron chi connectivity index (χ1n) is 14.0. The van der Waals surface area contributed by atoms with Crippen LogP contribution in [-0.2, 0) is 36.9 Å². The van der Waals surface area contributed by atoms with Crippen molar-refractivity contribution in [3.05, 3.63) is 108 Å². The number of rotatable bonds is 16. The van der Waals surface area contributed by atoms with Gasteiger partial charge in [-0.05, 0) is 29.5 Å². The maximum Gasteiger partial charge on any atom is 0.407 e. The van der Waals surface area contributed by atoms with Gasteiger partial charge in [-0.1, -0.05) is 91.0 Å². The summed E-state index contributed by atoms with van der Waals surface area (Å²) < 4.78 is 5.30. The van der Waals surface area contributed by atoms with Gasteiger partial charge in [-0.15, -0.1) is 0 Å². The molecule has 0 radical (unpaired) electrons. The summed E-state index contributed by atoms with van der Waals surface area (Å²) in [5, 5.41) is 18.7. The molecule has 3 aromatic carbocycles. The SMILES string of the molecule is NC(=O)CC[C@H](NC(=O)C[C@H](O)[C@H](Cc1ccccc1)NC(=O)OCc1ccccc1)C(=O)N[C@H](C(N)=O)c1ccccc1. The Morgan fingerprint density at radius 1 is 0.750 bits per heavy atom. The summed E-state index contributed by atoms with van der Waals surface area (Å²) in [7, 11) is 0. The second kappa shape index (κ2) is 17.0. The third-order valence-corrected chi connectivity index (χ3v) is 6.71. The Hall–Kier alpha value is -5.23. The van der Waals surface area contributed by atoms with Crippen molar-refractivity contribution in [2.75, 3.05) is 0 Å². The average molecular weight is 604 g/mol. The summed E-state index contributed by atoms with van der Waals surface area (Å²) in [6, 6.07) is 23.0. The Bertz CT molecular complexity index is 1390. The highest BCUT2D eigenvalue weighted by Crippen LogP contribution is 2.14. The summed E-state index contributed by atoms with van der Waals surface area (Å²) in [5.74, 6) is -3.04. The van der Waals surface area contributed by atoms with Crippen LogP contribution in [0.5, 0.6) is 0 Å². The van der Waals surface area contributed by atoms with Gasteiger partial charge in [-0.2, -0.15) is 0 Å². The molecular weight excluding hydrogens is 566 g/mol. The largest absolute Gasteiger partial charge is 0.445 e. The number of hydrogen-bond acceptors (Lipinski definition) is 7. The van der Waals surface area contributed by atoms with Crippen molar-refractivity contribution in [3.63, 3.8) is 0 Å². The summed E-state index contributed by atoms with van der Waals surface area (Å²) >= 11 is 0. The van der Waals surface area contributed by atoms with Crippen LogP contribution in [0, 0.1) is 0 Å². The van der Waals surface area contributed by atoms with Gasteiger partial charge in [0.05, 0.1) is 18.6 Å². The molecule has 0 aromatic heterocycles. The van der Waals surface area contributed by atoms with E-state index < -0.39 is 60.4 Å². The Morgan fingerprint density at radius 2 is 1.32 bits per heavy atom. The van der Waals surface area contributed by atoms with E-state index in [1.54, 1.807) is 54.6 Å². The molecule has 0 saturated carbocycles. The zero-order valence-corrected chi connectivity index (χ0v) is 24.1. The number of nitrogens with one attached hydrogen (secondary N) is 3. The number of primary amides is 2. The third-order valence-electron chi connectivity index (χ3n) is 6.71. The quantitative estimate of drug-likeness (QED) is 0.142. The van der Waals surface area contributed by atoms with E-state index in [2.05, 4.69) is 16.0 Å². The first kappa shape index (κ1) is 33.3. The van der Waals surface area contributed by atoms with Gasteiger partial charge in [0.25, 0.3) is 0 Å². The Morgan fingerprint density at radius 3 is 1.89 bits per heavy atom. The first-order chi connectivity index (χ1) is 21.1. The molecule has 0 aliphatic carbocycles. The van der Waals surface area contributed by atoms with E-state index in [0.29, 0.717) is 5.56 Å². The van der Waals surface area contributed by atoms with Gasteiger partial charge in [0.1, 0.15) is 18.7 Å². The highest BCUT2D eigenvalue weighted by Gasteiger charge is 2.29. The lowest BCUT2D eigenvalue weighted by Crippen LogP contribution is -2.52. The van der Waals surface area contributed by atoms with Gasteiger partial charge in [0, 0.05) is 6.42 Å². The van der Waals surface area contributed by atoms with E-state index in [9.17, 15) is 29.1 Å². The normalized spacial score (nSPS) is 13.4. The maximum absolute atomic E-state index is 13.2. The molecule has 4 atom stereocenters. The van der Waals surface area contributed by atoms with E-state index in [4.69, 9.17) is 16.2 Å². The Balaban J connectivity index is 1.68. The minimum absolute atomic E-state index is 0.00719. The molecule has 3 aromatic rings. The molecule has 0 unspecified atom stereocenters. The number of carbonyl (C=O) groups is 5. The Labute approximate surface area is 255 Å². The van der Waals surface area contributed by atoms with Gasteiger partial charge in [0.15, 0.2) is 0 Å². The van der Waals surface area contributed by atoms with Crippen LogP contribution in [0.25, 0.3) is 0 Å². The van der Waals surface area contributed by atoms with Gasteiger partial charge in [-0.3, -0.25) is 19.2 Å². The first-order valence-corrected chi connectivity index (χ1v) is 14.0. The van der Waals surface area contributed by atoms with Crippen LogP contribution < -0.4 is 27.4 Å². The van der Waals surface area contributed by atoms with Crippen LogP contribution in [0.2, 0.25) is 0 Å². The van der Waals surface area contributed by atoms with Crippen LogP contribution in [0.1, 0.15) is 42.0 Å². The second-order valence-electron chi connectivity index (χ2n) is 10.2. The van der Waals surface area contributed by atoms with Crippen LogP contribution in [0.15, 0.2) is 91.0 Å². The number of hydrogen-bond donors (Lipinski definition) is 6. The lowest BCUT2D eigenvalue weighted by Gasteiger charge is -2.25. The predicted molar refractivity (Wildman–Crippen MR) is 161 cm³/mol. The number of aliphatic hydroxyl groups excluding tert-OH is 1. The van der Waals surface area contributed by atoms with Gasteiger partial charge < -0.3 is 37.3 Å².